The van der Waals surface area contributed by atoms with Crippen LogP contribution in [0.3, 0.4) is 0 Å². The van der Waals surface area contributed by atoms with Gasteiger partial charge in [-0.25, -0.2) is 12.8 Å². The van der Waals surface area contributed by atoms with E-state index in [9.17, 15) is 17.6 Å². The third-order valence-corrected chi connectivity index (χ3v) is 8.10. The van der Waals surface area contributed by atoms with Crippen LogP contribution < -0.4 is 0 Å². The van der Waals surface area contributed by atoms with Gasteiger partial charge in [0.1, 0.15) is 10.7 Å². The number of nitrogens with zero attached hydrogens (tertiary/aromatic N) is 3. The maximum absolute atomic E-state index is 13.4. The third-order valence-electron chi connectivity index (χ3n) is 5.24. The lowest BCUT2D eigenvalue weighted by atomic mass is 10.1. The largest absolute Gasteiger partial charge is 0.336 e. The Hall–Kier alpha value is -2.26. The van der Waals surface area contributed by atoms with E-state index in [4.69, 9.17) is 23.2 Å². The van der Waals surface area contributed by atoms with E-state index in [1.807, 2.05) is 0 Å². The quantitative estimate of drug-likeness (QED) is 0.563. The minimum Gasteiger partial charge on any atom is -0.336 e. The van der Waals surface area contributed by atoms with Gasteiger partial charge in [-0.1, -0.05) is 29.3 Å². The smallest absolute Gasteiger partial charge is 0.255 e. The molecule has 0 spiro atoms. The van der Waals surface area contributed by atoms with Gasteiger partial charge in [-0.2, -0.15) is 4.31 Å². The van der Waals surface area contributed by atoms with Crippen molar-refractivity contribution in [1.82, 2.24) is 14.2 Å². The van der Waals surface area contributed by atoms with Crippen molar-refractivity contribution in [3.63, 3.8) is 0 Å². The second-order valence-electron chi connectivity index (χ2n) is 7.21. The third kappa shape index (κ3) is 4.13. The van der Waals surface area contributed by atoms with Gasteiger partial charge >= 0.3 is 0 Å². The van der Waals surface area contributed by atoms with Crippen LogP contribution in [-0.2, 0) is 10.0 Å². The van der Waals surface area contributed by atoms with Crippen LogP contribution in [0.5, 0.6) is 0 Å². The number of hydrogen-bond donors (Lipinski definition) is 0. The average Bonchev–Trinajstić information content (AvgIpc) is 2.72. The number of halogens is 3. The second-order valence-corrected chi connectivity index (χ2v) is 9.89. The Balaban J connectivity index is 1.54. The van der Waals surface area contributed by atoms with Gasteiger partial charge in [0.25, 0.3) is 5.91 Å². The van der Waals surface area contributed by atoms with E-state index in [1.54, 1.807) is 30.0 Å². The molecule has 0 unspecified atom stereocenters. The lowest BCUT2D eigenvalue weighted by Crippen LogP contribution is -2.50. The Morgan fingerprint density at radius 2 is 1.68 bits per heavy atom. The van der Waals surface area contributed by atoms with Gasteiger partial charge in [-0.15, -0.1) is 0 Å². The zero-order chi connectivity index (χ0) is 22.3. The predicted molar refractivity (Wildman–Crippen MR) is 118 cm³/mol. The Kier molecular flexibility index (Phi) is 5.91. The predicted octanol–water partition coefficient (Wildman–Crippen LogP) is 4.14. The van der Waals surface area contributed by atoms with Crippen LogP contribution in [-0.4, -0.2) is 54.7 Å². The molecule has 31 heavy (non-hydrogen) atoms. The first kappa shape index (κ1) is 22.0. The number of carbonyl (C=O) groups excluding carboxylic acids is 1. The number of rotatable bonds is 3. The molecule has 0 bridgehead atoms. The van der Waals surface area contributed by atoms with Gasteiger partial charge in [0.2, 0.25) is 10.0 Å². The second kappa shape index (κ2) is 8.35. The minimum atomic E-state index is -3.89. The molecule has 1 aliphatic rings. The van der Waals surface area contributed by atoms with Crippen LogP contribution >= 0.6 is 23.2 Å². The number of hydrogen-bond acceptors (Lipinski definition) is 4. The molecule has 1 saturated heterocycles. The van der Waals surface area contributed by atoms with E-state index in [1.165, 1.54) is 28.6 Å². The first-order valence-electron chi connectivity index (χ1n) is 9.49. The average molecular weight is 482 g/mol. The van der Waals surface area contributed by atoms with Crippen molar-refractivity contribution in [3.8, 4) is 0 Å². The molecule has 162 valence electrons. The number of piperazine rings is 1. The summed E-state index contributed by atoms with van der Waals surface area (Å²) in [6, 6.07) is 10.4. The first-order chi connectivity index (χ1) is 14.7. The standard InChI is InChI=1S/C21H18Cl2FN3O3S/c1-13-16(11-14-5-6-15(24)12-19(14)25-13)21(28)26-7-9-27(10-8-26)31(29,30)20-17(22)3-2-4-18(20)23/h2-6,11-12H,7-10H2,1H3. The van der Waals surface area contributed by atoms with Crippen molar-refractivity contribution >= 4 is 50.0 Å². The van der Waals surface area contributed by atoms with Crippen LogP contribution in [0.25, 0.3) is 10.9 Å². The summed E-state index contributed by atoms with van der Waals surface area (Å²) in [5.74, 6) is -0.640. The molecule has 0 aliphatic carbocycles. The summed E-state index contributed by atoms with van der Waals surface area (Å²) in [6.45, 7) is 2.33. The van der Waals surface area contributed by atoms with Crippen LogP contribution in [0.4, 0.5) is 4.39 Å². The molecule has 0 radical (unpaired) electrons. The lowest BCUT2D eigenvalue weighted by molar-refractivity contribution is 0.0697. The van der Waals surface area contributed by atoms with Crippen LogP contribution in [0, 0.1) is 12.7 Å². The Labute approximate surface area is 189 Å². The molecule has 1 aliphatic heterocycles. The lowest BCUT2D eigenvalue weighted by Gasteiger charge is -2.34. The maximum Gasteiger partial charge on any atom is 0.255 e. The number of fused-ring (bicyclic) bond motifs is 1. The van der Waals surface area contributed by atoms with Gasteiger partial charge in [0.05, 0.1) is 26.8 Å². The summed E-state index contributed by atoms with van der Waals surface area (Å²) in [7, 11) is -3.89. The van der Waals surface area contributed by atoms with Gasteiger partial charge < -0.3 is 4.90 Å². The molecule has 4 rings (SSSR count). The highest BCUT2D eigenvalue weighted by Crippen LogP contribution is 2.32. The van der Waals surface area contributed by atoms with E-state index in [2.05, 4.69) is 4.98 Å². The van der Waals surface area contributed by atoms with Crippen molar-refractivity contribution in [3.05, 3.63) is 69.6 Å². The summed E-state index contributed by atoms with van der Waals surface area (Å²) in [4.78, 5) is 18.9. The Morgan fingerprint density at radius 1 is 1.03 bits per heavy atom. The van der Waals surface area contributed by atoms with Crippen LogP contribution in [0.15, 0.2) is 47.4 Å². The van der Waals surface area contributed by atoms with E-state index < -0.39 is 15.8 Å². The maximum atomic E-state index is 13.4. The summed E-state index contributed by atoms with van der Waals surface area (Å²) in [6.07, 6.45) is 0. The summed E-state index contributed by atoms with van der Waals surface area (Å²) >= 11 is 12.2. The SMILES string of the molecule is Cc1nc2cc(F)ccc2cc1C(=O)N1CCN(S(=O)(=O)c2c(Cl)cccc2Cl)CC1. The van der Waals surface area contributed by atoms with E-state index in [0.29, 0.717) is 22.2 Å². The monoisotopic (exact) mass is 481 g/mol. The Morgan fingerprint density at radius 3 is 2.32 bits per heavy atom. The van der Waals surface area contributed by atoms with Gasteiger partial charge in [0, 0.05) is 37.6 Å². The fourth-order valence-electron chi connectivity index (χ4n) is 3.61. The van der Waals surface area contributed by atoms with Crippen LogP contribution in [0.2, 0.25) is 10.0 Å². The summed E-state index contributed by atoms with van der Waals surface area (Å²) in [5.41, 5.74) is 1.37. The zero-order valence-electron chi connectivity index (χ0n) is 16.5. The van der Waals surface area contributed by atoms with Crippen molar-refractivity contribution in [1.29, 1.82) is 0 Å². The van der Waals surface area contributed by atoms with Crippen molar-refractivity contribution in [2.24, 2.45) is 0 Å². The molecule has 1 fully saturated rings. The normalized spacial score (nSPS) is 15.4. The van der Waals surface area contributed by atoms with Crippen molar-refractivity contribution < 1.29 is 17.6 Å². The molecular weight excluding hydrogens is 464 g/mol. The van der Waals surface area contributed by atoms with Gasteiger partial charge in [-0.05, 0) is 37.3 Å². The minimum absolute atomic E-state index is 0.0558. The molecule has 1 aromatic heterocycles. The molecule has 6 nitrogen and oxygen atoms in total. The van der Waals surface area contributed by atoms with Crippen molar-refractivity contribution in [2.75, 3.05) is 26.2 Å². The molecule has 10 heteroatoms. The molecular formula is C21H18Cl2FN3O3S. The number of aryl methyl sites for hydroxylation is 1. The molecule has 0 atom stereocenters. The summed E-state index contributed by atoms with van der Waals surface area (Å²) in [5, 5.41) is 0.769. The molecule has 3 aromatic rings. The Bertz CT molecular complexity index is 1270. The number of amides is 1. The molecule has 0 saturated carbocycles. The highest BCUT2D eigenvalue weighted by Gasteiger charge is 2.33. The fraction of sp³-hybridized carbons (Fsp3) is 0.238. The number of benzene rings is 2. The van der Waals surface area contributed by atoms with Crippen molar-refractivity contribution in [2.45, 2.75) is 11.8 Å². The zero-order valence-corrected chi connectivity index (χ0v) is 18.8. The molecule has 2 heterocycles. The highest BCUT2D eigenvalue weighted by molar-refractivity contribution is 7.89. The van der Waals surface area contributed by atoms with Gasteiger partial charge in [-0.3, -0.25) is 9.78 Å². The highest BCUT2D eigenvalue weighted by atomic mass is 35.5. The topological polar surface area (TPSA) is 70.6 Å². The van der Waals surface area contributed by atoms with E-state index in [-0.39, 0.29) is 47.0 Å². The fourth-order valence-corrected chi connectivity index (χ4v) is 6.13. The van der Waals surface area contributed by atoms with E-state index in [0.717, 1.165) is 0 Å². The first-order valence-corrected chi connectivity index (χ1v) is 11.7. The molecule has 2 aromatic carbocycles. The van der Waals surface area contributed by atoms with E-state index >= 15 is 0 Å². The molecule has 0 N–H and O–H groups in total. The van der Waals surface area contributed by atoms with Crippen LogP contribution in [0.1, 0.15) is 16.1 Å². The number of aromatic nitrogens is 1. The van der Waals surface area contributed by atoms with Gasteiger partial charge in [0.15, 0.2) is 0 Å². The molecule has 1 amide bonds. The number of carbonyl (C=O) groups is 1. The summed E-state index contributed by atoms with van der Waals surface area (Å²) < 4.78 is 40.7. The number of pyridine rings is 1. The number of sulfonamides is 1.